The zero-order valence-electron chi connectivity index (χ0n) is 10.7. The largest absolute Gasteiger partial charge is 0.416 e. The molecular formula is C13H12F3NO2S2. The number of nitrogens with one attached hydrogen (secondary N) is 1. The van der Waals surface area contributed by atoms with Crippen molar-refractivity contribution >= 4 is 21.4 Å². The number of thiophene rings is 1. The van der Waals surface area contributed by atoms with Crippen LogP contribution in [0.1, 0.15) is 11.1 Å². The first-order valence-corrected chi connectivity index (χ1v) is 8.34. The molecule has 1 aromatic heterocycles. The molecule has 2 rings (SSSR count). The Morgan fingerprint density at radius 1 is 1.14 bits per heavy atom. The summed E-state index contributed by atoms with van der Waals surface area (Å²) in [5, 5.41) is 1.64. The van der Waals surface area contributed by atoms with Gasteiger partial charge < -0.3 is 0 Å². The fourth-order valence-electron chi connectivity index (χ4n) is 1.72. The van der Waals surface area contributed by atoms with Gasteiger partial charge in [0.2, 0.25) is 10.0 Å². The molecule has 0 bridgehead atoms. The average Bonchev–Trinajstić information content (AvgIpc) is 2.92. The summed E-state index contributed by atoms with van der Waals surface area (Å²) in [6.07, 6.45) is -4.21. The number of halogens is 3. The van der Waals surface area contributed by atoms with Crippen LogP contribution < -0.4 is 4.72 Å². The predicted octanol–water partition coefficient (Wildman–Crippen LogP) is 3.29. The standard InChI is InChI=1S/C13H12F3NO2S2/c14-13(15,16)11-4-1-3-10(9-11)6-7-17-21(18,19)12-5-2-8-20-12/h1-5,8-9,17H,6-7H2. The van der Waals surface area contributed by atoms with Crippen LogP contribution in [0, 0.1) is 0 Å². The smallest absolute Gasteiger partial charge is 0.210 e. The first kappa shape index (κ1) is 16.0. The van der Waals surface area contributed by atoms with Gasteiger partial charge in [0.15, 0.2) is 0 Å². The van der Waals surface area contributed by atoms with E-state index in [1.54, 1.807) is 11.4 Å². The Morgan fingerprint density at radius 3 is 2.52 bits per heavy atom. The number of benzene rings is 1. The molecule has 1 aromatic carbocycles. The van der Waals surface area contributed by atoms with Gasteiger partial charge in [0.25, 0.3) is 0 Å². The van der Waals surface area contributed by atoms with Gasteiger partial charge in [-0.15, -0.1) is 11.3 Å². The molecule has 0 radical (unpaired) electrons. The Hall–Kier alpha value is -1.38. The van der Waals surface area contributed by atoms with E-state index in [0.29, 0.717) is 5.56 Å². The number of hydrogen-bond donors (Lipinski definition) is 1. The summed E-state index contributed by atoms with van der Waals surface area (Å²) in [5.74, 6) is 0. The van der Waals surface area contributed by atoms with E-state index < -0.39 is 21.8 Å². The number of alkyl halides is 3. The maximum absolute atomic E-state index is 12.6. The zero-order valence-corrected chi connectivity index (χ0v) is 12.4. The minimum Gasteiger partial charge on any atom is -0.210 e. The van der Waals surface area contributed by atoms with Gasteiger partial charge >= 0.3 is 6.18 Å². The van der Waals surface area contributed by atoms with Crippen LogP contribution >= 0.6 is 11.3 Å². The minimum atomic E-state index is -4.40. The highest BCUT2D eigenvalue weighted by Crippen LogP contribution is 2.29. The molecule has 0 spiro atoms. The first-order valence-electron chi connectivity index (χ1n) is 5.98. The van der Waals surface area contributed by atoms with Crippen LogP contribution in [0.5, 0.6) is 0 Å². The van der Waals surface area contributed by atoms with Crippen LogP contribution in [-0.2, 0) is 22.6 Å². The quantitative estimate of drug-likeness (QED) is 0.911. The maximum Gasteiger partial charge on any atom is 0.416 e. The fourth-order valence-corrected chi connectivity index (χ4v) is 3.79. The summed E-state index contributed by atoms with van der Waals surface area (Å²) < 4.78 is 63.9. The summed E-state index contributed by atoms with van der Waals surface area (Å²) in [6, 6.07) is 7.95. The van der Waals surface area contributed by atoms with Gasteiger partial charge in [-0.1, -0.05) is 24.3 Å². The van der Waals surface area contributed by atoms with Crippen molar-refractivity contribution in [2.45, 2.75) is 16.8 Å². The van der Waals surface area contributed by atoms with Crippen LogP contribution in [0.3, 0.4) is 0 Å². The van der Waals surface area contributed by atoms with Crippen LogP contribution in [-0.4, -0.2) is 15.0 Å². The molecular weight excluding hydrogens is 323 g/mol. The molecule has 21 heavy (non-hydrogen) atoms. The highest BCUT2D eigenvalue weighted by molar-refractivity contribution is 7.91. The zero-order chi connectivity index (χ0) is 15.5. The van der Waals surface area contributed by atoms with Gasteiger partial charge in [-0.2, -0.15) is 13.2 Å². The second-order valence-corrected chi connectivity index (χ2v) is 7.22. The number of sulfonamides is 1. The van der Waals surface area contributed by atoms with Crippen molar-refractivity contribution in [3.8, 4) is 0 Å². The molecule has 0 unspecified atom stereocenters. The van der Waals surface area contributed by atoms with Crippen molar-refractivity contribution in [3.05, 3.63) is 52.9 Å². The predicted molar refractivity (Wildman–Crippen MR) is 74.7 cm³/mol. The third-order valence-corrected chi connectivity index (χ3v) is 5.58. The second-order valence-electron chi connectivity index (χ2n) is 4.28. The molecule has 8 heteroatoms. The Labute approximate surface area is 124 Å². The monoisotopic (exact) mass is 335 g/mol. The first-order chi connectivity index (χ1) is 9.79. The van der Waals surface area contributed by atoms with Crippen molar-refractivity contribution in [1.29, 1.82) is 0 Å². The molecule has 0 fully saturated rings. The molecule has 3 nitrogen and oxygen atoms in total. The summed E-state index contributed by atoms with van der Waals surface area (Å²) in [5.41, 5.74) is -0.306. The van der Waals surface area contributed by atoms with Gasteiger partial charge in [-0.25, -0.2) is 13.1 Å². The minimum absolute atomic E-state index is 0.0432. The lowest BCUT2D eigenvalue weighted by Crippen LogP contribution is -2.25. The topological polar surface area (TPSA) is 46.2 Å². The van der Waals surface area contributed by atoms with Gasteiger partial charge in [0.1, 0.15) is 4.21 Å². The average molecular weight is 335 g/mol. The molecule has 0 saturated carbocycles. The summed E-state index contributed by atoms with van der Waals surface area (Å²) in [6.45, 7) is 0.0432. The van der Waals surface area contributed by atoms with Crippen LogP contribution in [0.2, 0.25) is 0 Å². The molecule has 0 atom stereocenters. The Bertz CT molecular complexity index is 694. The van der Waals surface area contributed by atoms with Crippen LogP contribution in [0.4, 0.5) is 13.2 Å². The van der Waals surface area contributed by atoms with Crippen molar-refractivity contribution < 1.29 is 21.6 Å². The second kappa shape index (κ2) is 6.17. The Balaban J connectivity index is 1.98. The number of hydrogen-bond acceptors (Lipinski definition) is 3. The molecule has 0 amide bonds. The van der Waals surface area contributed by atoms with E-state index in [1.165, 1.54) is 18.2 Å². The molecule has 0 aliphatic rings. The SMILES string of the molecule is O=S(=O)(NCCc1cccc(C(F)(F)F)c1)c1cccs1. The lowest BCUT2D eigenvalue weighted by molar-refractivity contribution is -0.137. The highest BCUT2D eigenvalue weighted by Gasteiger charge is 2.30. The third kappa shape index (κ3) is 4.29. The van der Waals surface area contributed by atoms with Crippen molar-refractivity contribution in [2.75, 3.05) is 6.54 Å². The van der Waals surface area contributed by atoms with Gasteiger partial charge in [-0.3, -0.25) is 0 Å². The van der Waals surface area contributed by atoms with Crippen molar-refractivity contribution in [2.24, 2.45) is 0 Å². The maximum atomic E-state index is 12.6. The van der Waals surface area contributed by atoms with E-state index >= 15 is 0 Å². The molecule has 1 N–H and O–H groups in total. The third-order valence-electron chi connectivity index (χ3n) is 2.72. The molecule has 1 heterocycles. The number of rotatable bonds is 5. The van der Waals surface area contributed by atoms with Crippen LogP contribution in [0.15, 0.2) is 46.0 Å². The normalized spacial score (nSPS) is 12.5. The Kier molecular flexibility index (Phi) is 4.70. The van der Waals surface area contributed by atoms with Gasteiger partial charge in [-0.05, 0) is 29.5 Å². The fraction of sp³-hybridized carbons (Fsp3) is 0.231. The highest BCUT2D eigenvalue weighted by atomic mass is 32.2. The van der Waals surface area contributed by atoms with E-state index in [4.69, 9.17) is 0 Å². The molecule has 2 aromatic rings. The van der Waals surface area contributed by atoms with E-state index in [1.807, 2.05) is 0 Å². The van der Waals surface area contributed by atoms with Crippen molar-refractivity contribution in [1.82, 2.24) is 4.72 Å². The van der Waals surface area contributed by atoms with Gasteiger partial charge in [0, 0.05) is 6.54 Å². The molecule has 0 aliphatic heterocycles. The molecule has 0 saturated heterocycles. The molecule has 114 valence electrons. The summed E-state index contributed by atoms with van der Waals surface area (Å²) >= 11 is 1.08. The van der Waals surface area contributed by atoms with E-state index in [9.17, 15) is 21.6 Å². The van der Waals surface area contributed by atoms with E-state index in [2.05, 4.69) is 4.72 Å². The van der Waals surface area contributed by atoms with E-state index in [-0.39, 0.29) is 17.2 Å². The lowest BCUT2D eigenvalue weighted by Gasteiger charge is -2.09. The molecule has 0 aliphatic carbocycles. The summed E-state index contributed by atoms with van der Waals surface area (Å²) in [4.78, 5) is 0. The Morgan fingerprint density at radius 2 is 1.90 bits per heavy atom. The summed E-state index contributed by atoms with van der Waals surface area (Å²) in [7, 11) is -3.58. The van der Waals surface area contributed by atoms with Crippen molar-refractivity contribution in [3.63, 3.8) is 0 Å². The van der Waals surface area contributed by atoms with Gasteiger partial charge in [0.05, 0.1) is 5.56 Å². The lowest BCUT2D eigenvalue weighted by atomic mass is 10.1. The van der Waals surface area contributed by atoms with Crippen LogP contribution in [0.25, 0.3) is 0 Å². The van der Waals surface area contributed by atoms with E-state index in [0.717, 1.165) is 23.5 Å².